The van der Waals surface area contributed by atoms with E-state index in [4.69, 9.17) is 23.2 Å². The highest BCUT2D eigenvalue weighted by atomic mass is 35.5. The molecule has 5 rings (SSSR count). The zero-order chi connectivity index (χ0) is 21.7. The highest BCUT2D eigenvalue weighted by Gasteiger charge is 2.25. The van der Waals surface area contributed by atoms with Gasteiger partial charge in [-0.25, -0.2) is 9.78 Å². The molecular weight excluding hydrogens is 435 g/mol. The van der Waals surface area contributed by atoms with Crippen LogP contribution in [0.2, 0.25) is 10.0 Å². The number of fused-ring (bicyclic) bond motifs is 2. The smallest absolute Gasteiger partial charge is 0.330 e. The highest BCUT2D eigenvalue weighted by Crippen LogP contribution is 2.28. The SMILES string of the molecule is Cn1c(=O)n(CC(=O)N2Cc3ccccc3C2)c2ncc(-c3cc(Cl)cc(Cl)c3)cc21. The Hall–Kier alpha value is -3.09. The van der Waals surface area contributed by atoms with Crippen LogP contribution in [-0.2, 0) is 31.5 Å². The number of benzene rings is 2. The number of carbonyl (C=O) groups excluding carboxylic acids is 1. The Bertz CT molecular complexity index is 1360. The van der Waals surface area contributed by atoms with Crippen molar-refractivity contribution in [1.29, 1.82) is 0 Å². The van der Waals surface area contributed by atoms with Crippen LogP contribution in [0.15, 0.2) is 59.5 Å². The third-order valence-electron chi connectivity index (χ3n) is 5.66. The number of halogens is 2. The molecular formula is C23H18Cl2N4O2. The van der Waals surface area contributed by atoms with Crippen LogP contribution < -0.4 is 5.69 Å². The predicted octanol–water partition coefficient (Wildman–Crippen LogP) is 4.25. The van der Waals surface area contributed by atoms with Crippen molar-refractivity contribution in [1.82, 2.24) is 19.0 Å². The van der Waals surface area contributed by atoms with Gasteiger partial charge in [-0.3, -0.25) is 13.9 Å². The van der Waals surface area contributed by atoms with Crippen molar-refractivity contribution in [3.05, 3.63) is 86.4 Å². The number of rotatable bonds is 3. The number of amides is 1. The molecule has 0 N–H and O–H groups in total. The number of pyridine rings is 1. The summed E-state index contributed by atoms with van der Waals surface area (Å²) in [6.45, 7) is 1.06. The summed E-state index contributed by atoms with van der Waals surface area (Å²) in [7, 11) is 1.67. The summed E-state index contributed by atoms with van der Waals surface area (Å²) in [4.78, 5) is 32.1. The van der Waals surface area contributed by atoms with Crippen molar-refractivity contribution in [2.24, 2.45) is 7.05 Å². The van der Waals surface area contributed by atoms with Crippen LogP contribution in [0.25, 0.3) is 22.3 Å². The van der Waals surface area contributed by atoms with Crippen molar-refractivity contribution >= 4 is 40.3 Å². The number of hydrogen-bond donors (Lipinski definition) is 0. The van der Waals surface area contributed by atoms with Gasteiger partial charge in [-0.2, -0.15) is 0 Å². The topological polar surface area (TPSA) is 60.1 Å². The van der Waals surface area contributed by atoms with Crippen LogP contribution in [0, 0.1) is 0 Å². The molecule has 1 aliphatic rings. The molecule has 156 valence electrons. The monoisotopic (exact) mass is 452 g/mol. The zero-order valence-corrected chi connectivity index (χ0v) is 18.2. The second-order valence-corrected chi connectivity index (χ2v) is 8.54. The minimum absolute atomic E-state index is 0.0560. The van der Waals surface area contributed by atoms with Gasteiger partial charge in [0.2, 0.25) is 5.91 Å². The first-order chi connectivity index (χ1) is 14.9. The molecule has 0 radical (unpaired) electrons. The van der Waals surface area contributed by atoms with E-state index in [1.54, 1.807) is 36.3 Å². The number of aryl methyl sites for hydroxylation is 1. The van der Waals surface area contributed by atoms with E-state index in [2.05, 4.69) is 4.98 Å². The minimum atomic E-state index is -0.283. The Labute approximate surface area is 188 Å². The van der Waals surface area contributed by atoms with Crippen molar-refractivity contribution in [3.63, 3.8) is 0 Å². The normalized spacial score (nSPS) is 13.1. The molecule has 3 heterocycles. The van der Waals surface area contributed by atoms with Crippen molar-refractivity contribution in [2.45, 2.75) is 19.6 Å². The Morgan fingerprint density at radius 3 is 2.29 bits per heavy atom. The maximum absolute atomic E-state index is 13.0. The van der Waals surface area contributed by atoms with Crippen LogP contribution in [0.5, 0.6) is 0 Å². The second-order valence-electron chi connectivity index (χ2n) is 7.67. The predicted molar refractivity (Wildman–Crippen MR) is 121 cm³/mol. The number of aromatic nitrogens is 3. The summed E-state index contributed by atoms with van der Waals surface area (Å²) in [5.41, 5.74) is 4.69. The van der Waals surface area contributed by atoms with Crippen LogP contribution in [-0.4, -0.2) is 24.9 Å². The Morgan fingerprint density at radius 1 is 1.00 bits per heavy atom. The second kappa shape index (κ2) is 7.55. The molecule has 0 unspecified atom stereocenters. The van der Waals surface area contributed by atoms with E-state index in [-0.39, 0.29) is 18.1 Å². The average Bonchev–Trinajstić information content (AvgIpc) is 3.28. The fraction of sp³-hybridized carbons (Fsp3) is 0.174. The van der Waals surface area contributed by atoms with E-state index in [1.165, 1.54) is 9.13 Å². The molecule has 6 nitrogen and oxygen atoms in total. The fourth-order valence-electron chi connectivity index (χ4n) is 4.04. The zero-order valence-electron chi connectivity index (χ0n) is 16.7. The molecule has 0 saturated heterocycles. The van der Waals surface area contributed by atoms with E-state index < -0.39 is 0 Å². The summed E-state index contributed by atoms with van der Waals surface area (Å²) in [6.07, 6.45) is 1.66. The highest BCUT2D eigenvalue weighted by molar-refractivity contribution is 6.35. The summed E-state index contributed by atoms with van der Waals surface area (Å²) >= 11 is 12.3. The Kier molecular flexibility index (Phi) is 4.84. The first-order valence-electron chi connectivity index (χ1n) is 9.77. The first-order valence-corrected chi connectivity index (χ1v) is 10.5. The van der Waals surface area contributed by atoms with Crippen LogP contribution >= 0.6 is 23.2 Å². The molecule has 0 spiro atoms. The maximum atomic E-state index is 13.0. The molecule has 2 aromatic carbocycles. The van der Waals surface area contributed by atoms with Crippen LogP contribution in [0.4, 0.5) is 0 Å². The number of imidazole rings is 1. The van der Waals surface area contributed by atoms with Crippen molar-refractivity contribution < 1.29 is 4.79 Å². The molecule has 0 aliphatic carbocycles. The van der Waals surface area contributed by atoms with Gasteiger partial charge >= 0.3 is 5.69 Å². The largest absolute Gasteiger partial charge is 0.332 e. The molecule has 4 aromatic rings. The van der Waals surface area contributed by atoms with Crippen LogP contribution in [0.1, 0.15) is 11.1 Å². The molecule has 1 aliphatic heterocycles. The lowest BCUT2D eigenvalue weighted by atomic mass is 10.1. The molecule has 8 heteroatoms. The Morgan fingerprint density at radius 2 is 1.65 bits per heavy atom. The quantitative estimate of drug-likeness (QED) is 0.466. The van der Waals surface area contributed by atoms with Gasteiger partial charge < -0.3 is 4.90 Å². The maximum Gasteiger partial charge on any atom is 0.330 e. The third-order valence-corrected chi connectivity index (χ3v) is 6.10. The van der Waals surface area contributed by atoms with E-state index in [9.17, 15) is 9.59 Å². The molecule has 0 saturated carbocycles. The molecule has 0 atom stereocenters. The van der Waals surface area contributed by atoms with Gasteiger partial charge in [0.15, 0.2) is 5.65 Å². The average molecular weight is 453 g/mol. The van der Waals surface area contributed by atoms with Crippen LogP contribution in [0.3, 0.4) is 0 Å². The summed E-state index contributed by atoms with van der Waals surface area (Å²) in [5, 5.41) is 1.04. The first kappa shape index (κ1) is 19.8. The summed E-state index contributed by atoms with van der Waals surface area (Å²) in [5.74, 6) is -0.113. The van der Waals surface area contributed by atoms with E-state index in [1.807, 2.05) is 30.3 Å². The van der Waals surface area contributed by atoms with E-state index in [0.29, 0.717) is 34.3 Å². The van der Waals surface area contributed by atoms with Gasteiger partial charge in [-0.05, 0) is 41.0 Å². The molecule has 31 heavy (non-hydrogen) atoms. The van der Waals surface area contributed by atoms with Gasteiger partial charge in [-0.15, -0.1) is 0 Å². The van der Waals surface area contributed by atoms with E-state index >= 15 is 0 Å². The number of hydrogen-bond acceptors (Lipinski definition) is 3. The minimum Gasteiger partial charge on any atom is -0.332 e. The van der Waals surface area contributed by atoms with E-state index in [0.717, 1.165) is 22.3 Å². The molecule has 0 bridgehead atoms. The summed E-state index contributed by atoms with van der Waals surface area (Å²) in [6, 6.07) is 15.1. The molecule has 0 fully saturated rings. The van der Waals surface area contributed by atoms with Gasteiger partial charge in [0.1, 0.15) is 6.54 Å². The number of carbonyl (C=O) groups is 1. The lowest BCUT2D eigenvalue weighted by molar-refractivity contribution is -0.132. The Balaban J connectivity index is 1.48. The third kappa shape index (κ3) is 3.52. The lowest BCUT2D eigenvalue weighted by Gasteiger charge is -2.15. The van der Waals surface area contributed by atoms with Gasteiger partial charge in [0.05, 0.1) is 5.52 Å². The standard InChI is InChI=1S/C23H18Cl2N4O2/c1-27-20-8-17(16-6-18(24)9-19(25)7-16)10-26-22(20)29(23(27)31)13-21(30)28-11-14-4-2-3-5-15(14)12-28/h2-10H,11-13H2,1H3. The van der Waals surface area contributed by atoms with Gasteiger partial charge in [0.25, 0.3) is 0 Å². The lowest BCUT2D eigenvalue weighted by Crippen LogP contribution is -2.33. The fourth-order valence-corrected chi connectivity index (χ4v) is 4.57. The summed E-state index contributed by atoms with van der Waals surface area (Å²) < 4.78 is 2.93. The molecule has 2 aromatic heterocycles. The van der Waals surface area contributed by atoms with Gasteiger partial charge in [0, 0.05) is 41.9 Å². The number of nitrogens with zero attached hydrogens (tertiary/aromatic N) is 4. The van der Waals surface area contributed by atoms with Gasteiger partial charge in [-0.1, -0.05) is 47.5 Å². The van der Waals surface area contributed by atoms with Crippen molar-refractivity contribution in [3.8, 4) is 11.1 Å². The molecule has 1 amide bonds. The van der Waals surface area contributed by atoms with Crippen molar-refractivity contribution in [2.75, 3.05) is 0 Å².